The van der Waals surface area contributed by atoms with E-state index in [1.165, 1.54) is 0 Å². The fraction of sp³-hybridized carbons (Fsp3) is 0. The van der Waals surface area contributed by atoms with Gasteiger partial charge in [-0.2, -0.15) is 0 Å². The molecule has 0 N–H and O–H groups in total. The number of halogens is 12. The van der Waals surface area contributed by atoms with Crippen LogP contribution < -0.4 is 9.97 Å². The summed E-state index contributed by atoms with van der Waals surface area (Å²) in [4.78, 5) is 25.9. The molecule has 291 valence electrons. The van der Waals surface area contributed by atoms with Crippen LogP contribution in [0.2, 0.25) is 0 Å². The van der Waals surface area contributed by atoms with Crippen molar-refractivity contribution in [2.75, 3.05) is 0 Å². The average Bonchev–Trinajstić information content (AvgIpc) is 4.06. The van der Waals surface area contributed by atoms with Crippen molar-refractivity contribution in [1.29, 1.82) is 0 Å². The fourth-order valence-corrected chi connectivity index (χ4v) is 15.7. The molecule has 0 amide bonds. The van der Waals surface area contributed by atoms with Crippen molar-refractivity contribution in [2.45, 2.75) is 0 Å². The van der Waals surface area contributed by atoms with Gasteiger partial charge in [-0.3, -0.25) is 0 Å². The average molecular weight is 1650 g/mol. The van der Waals surface area contributed by atoms with E-state index >= 15 is 0 Å². The molecule has 0 saturated carbocycles. The molecule has 4 nitrogen and oxygen atoms in total. The molecular formula is C36H8Br12CuN4S4. The van der Waals surface area contributed by atoms with Crippen LogP contribution in [0.4, 0.5) is 0 Å². The molecule has 9 heterocycles. The summed E-state index contributed by atoms with van der Waals surface area (Å²) in [5.41, 5.74) is 9.11. The predicted molar refractivity (Wildman–Crippen MR) is 283 cm³/mol. The summed E-state index contributed by atoms with van der Waals surface area (Å²) in [6.45, 7) is 0. The molecule has 0 aromatic carbocycles. The second-order valence-corrected chi connectivity index (χ2v) is 27.9. The normalized spacial score (nSPS) is 13.0. The molecule has 0 fully saturated rings. The van der Waals surface area contributed by atoms with Crippen molar-refractivity contribution in [2.24, 2.45) is 0 Å². The molecule has 21 heteroatoms. The smallest absolute Gasteiger partial charge is 0.655 e. The molecule has 0 atom stereocenters. The van der Waals surface area contributed by atoms with E-state index in [9.17, 15) is 0 Å². The van der Waals surface area contributed by atoms with Gasteiger partial charge in [-0.05, 0) is 176 Å². The van der Waals surface area contributed by atoms with Crippen LogP contribution in [0.5, 0.6) is 0 Å². The number of nitrogens with zero attached hydrogens (tertiary/aromatic N) is 4. The van der Waals surface area contributed by atoms with Crippen LogP contribution in [0.15, 0.2) is 81.6 Å². The number of thiophene rings is 4. The second-order valence-electron chi connectivity index (χ2n) is 11.7. The van der Waals surface area contributed by atoms with Crippen molar-refractivity contribution >= 4 is 277 Å². The Morgan fingerprint density at radius 1 is 0.333 bits per heavy atom. The summed E-state index contributed by atoms with van der Waals surface area (Å²) in [7, 11) is 0. The zero-order valence-electron chi connectivity index (χ0n) is 26.9. The Labute approximate surface area is 452 Å². The fourth-order valence-electron chi connectivity index (χ4n) is 6.17. The first kappa shape index (κ1) is 45.3. The maximum atomic E-state index is 5.50. The van der Waals surface area contributed by atoms with Crippen LogP contribution >= 0.6 is 237 Å². The van der Waals surface area contributed by atoms with Crippen LogP contribution in [0.3, 0.4) is 0 Å². The number of rotatable bonds is 4. The SMILES string of the molecule is BrC1=C(Br)c2nc1c(-c1ccc(Br)s1)c1[n-]c(c(Br)c1Br)c(-c1ccc(Br)s1)c1nc(c(-c3ccc(Br)s3)c3[n-]c(c(Br)c3Br)c2-c2ccc(Br)s2)C(Br)=C1Br.[Cu+2]. The van der Waals surface area contributed by atoms with Crippen LogP contribution in [0.25, 0.3) is 81.8 Å². The van der Waals surface area contributed by atoms with Gasteiger partial charge >= 0.3 is 17.1 Å². The van der Waals surface area contributed by atoms with E-state index < -0.39 is 0 Å². The molecular weight excluding hydrogens is 1640 g/mol. The molecule has 0 spiro atoms. The molecule has 0 aliphatic carbocycles. The minimum Gasteiger partial charge on any atom is -0.655 e. The molecule has 2 aliphatic rings. The maximum absolute atomic E-state index is 5.50. The number of hydrogen-bond acceptors (Lipinski definition) is 6. The summed E-state index contributed by atoms with van der Waals surface area (Å²) in [6, 6.07) is 16.5. The topological polar surface area (TPSA) is 54.0 Å². The van der Waals surface area contributed by atoms with Crippen molar-refractivity contribution in [3.05, 3.63) is 104 Å². The summed E-state index contributed by atoms with van der Waals surface area (Å²) in [5.74, 6) is 0. The van der Waals surface area contributed by atoms with Gasteiger partial charge in [0.05, 0.1) is 55.9 Å². The molecule has 7 aromatic rings. The van der Waals surface area contributed by atoms with E-state index in [2.05, 4.69) is 215 Å². The molecule has 1 radical (unpaired) electrons. The van der Waals surface area contributed by atoms with E-state index in [4.69, 9.17) is 19.9 Å². The van der Waals surface area contributed by atoms with Crippen LogP contribution in [-0.2, 0) is 17.1 Å². The van der Waals surface area contributed by atoms with Crippen LogP contribution in [-0.4, -0.2) is 9.97 Å². The molecule has 0 unspecified atom stereocenters. The van der Waals surface area contributed by atoms with E-state index in [1.807, 2.05) is 24.3 Å². The Balaban J connectivity index is 0.00000455. The van der Waals surface area contributed by atoms with Gasteiger partial charge in [-0.15, -0.1) is 67.4 Å². The standard InChI is InChI=1S/C36H8Br12N4S4.Cu/c37-13-5-1-9(53-13)17-29-21(41)23(43)31(49-29)18(10-2-6-14(38)54-10)33-25(45)27(47)35(51-33)20(12-4-8-16(40)56-12)36-28(48)26(46)34(52-36)19(11-3-7-15(39)55-11)32-24(44)22(42)30(17)50-32;/h1-8H;/q-2;+2. The summed E-state index contributed by atoms with van der Waals surface area (Å²) in [6.07, 6.45) is 0. The minimum absolute atomic E-state index is 0. The Morgan fingerprint density at radius 2 is 0.544 bits per heavy atom. The van der Waals surface area contributed by atoms with Gasteiger partial charge in [0.2, 0.25) is 0 Å². The zero-order valence-corrected chi connectivity index (χ0v) is 50.1. The van der Waals surface area contributed by atoms with Crippen molar-refractivity contribution in [1.82, 2.24) is 19.9 Å². The third-order valence-electron chi connectivity index (χ3n) is 8.50. The van der Waals surface area contributed by atoms with Crippen molar-refractivity contribution in [3.8, 4) is 41.8 Å². The van der Waals surface area contributed by atoms with Gasteiger partial charge in [-0.1, -0.05) is 63.7 Å². The Kier molecular flexibility index (Phi) is 14.2. The number of fused-ring (bicyclic) bond motifs is 8. The largest absolute Gasteiger partial charge is 2.00 e. The first-order chi connectivity index (χ1) is 26.7. The summed E-state index contributed by atoms with van der Waals surface area (Å²) >= 11 is 53.2. The third kappa shape index (κ3) is 7.98. The summed E-state index contributed by atoms with van der Waals surface area (Å²) < 4.78 is 10.2. The molecule has 7 aromatic heterocycles. The van der Waals surface area contributed by atoms with Gasteiger partial charge < -0.3 is 9.97 Å². The van der Waals surface area contributed by atoms with Gasteiger partial charge in [0.15, 0.2) is 0 Å². The monoisotopic (exact) mass is 1630 g/mol. The number of aromatic nitrogens is 4. The Hall–Kier alpha value is 1.68. The van der Waals surface area contributed by atoms with Crippen molar-refractivity contribution < 1.29 is 17.1 Å². The molecule has 9 rings (SSSR count). The van der Waals surface area contributed by atoms with E-state index in [1.54, 1.807) is 45.3 Å². The minimum atomic E-state index is 0. The second kappa shape index (κ2) is 17.9. The Morgan fingerprint density at radius 3 is 0.719 bits per heavy atom. The third-order valence-corrected chi connectivity index (χ3v) is 23.4. The van der Waals surface area contributed by atoms with Gasteiger partial charge in [-0.25, -0.2) is 9.97 Å². The van der Waals surface area contributed by atoms with Crippen molar-refractivity contribution in [3.63, 3.8) is 0 Å². The van der Waals surface area contributed by atoms with E-state index in [-0.39, 0.29) is 17.1 Å². The van der Waals surface area contributed by atoms with Gasteiger partial charge in [0.1, 0.15) is 0 Å². The molecule has 0 saturated heterocycles. The number of hydrogen-bond donors (Lipinski definition) is 0. The molecule has 8 bridgehead atoms. The van der Waals surface area contributed by atoms with Crippen LogP contribution in [0.1, 0.15) is 22.8 Å². The van der Waals surface area contributed by atoms with Gasteiger partial charge in [0.25, 0.3) is 0 Å². The predicted octanol–water partition coefficient (Wildman–Crippen LogP) is 19.8. The summed E-state index contributed by atoms with van der Waals surface area (Å²) in [5, 5.41) is 0. The quantitative estimate of drug-likeness (QED) is 0.165. The molecule has 2 aliphatic heterocycles. The van der Waals surface area contributed by atoms with E-state index in [0.29, 0.717) is 0 Å². The Bertz CT molecular complexity index is 2690. The first-order valence-electron chi connectivity index (χ1n) is 15.3. The zero-order chi connectivity index (χ0) is 39.5. The first-order valence-corrected chi connectivity index (χ1v) is 28.1. The molecule has 57 heavy (non-hydrogen) atoms. The van der Waals surface area contributed by atoms with Gasteiger partial charge in [0, 0.05) is 59.7 Å². The maximum Gasteiger partial charge on any atom is 2.00 e. The van der Waals surface area contributed by atoms with E-state index in [0.717, 1.165) is 138 Å². The van der Waals surface area contributed by atoms with Crippen LogP contribution in [0, 0.1) is 0 Å².